The first-order valence-electron chi connectivity index (χ1n) is 9.51. The highest BCUT2D eigenvalue weighted by atomic mass is 32.2. The number of nitrogens with zero attached hydrogens (tertiary/aromatic N) is 1. The molecular formula is C22H24N2O4S2. The summed E-state index contributed by atoms with van der Waals surface area (Å²) in [5, 5.41) is 2.89. The van der Waals surface area contributed by atoms with E-state index in [-0.39, 0.29) is 10.8 Å². The number of nitrogens with one attached hydrogen (secondary N) is 1. The fourth-order valence-corrected chi connectivity index (χ4v) is 4.83. The monoisotopic (exact) mass is 444 g/mol. The van der Waals surface area contributed by atoms with Gasteiger partial charge in [0.15, 0.2) is 0 Å². The maximum Gasteiger partial charge on any atom is 0.264 e. The minimum atomic E-state index is -3.64. The molecule has 0 saturated heterocycles. The molecule has 1 heterocycles. The van der Waals surface area contributed by atoms with E-state index in [1.807, 2.05) is 12.1 Å². The van der Waals surface area contributed by atoms with Gasteiger partial charge in [-0.15, -0.1) is 0 Å². The molecule has 0 saturated carbocycles. The lowest BCUT2D eigenvalue weighted by Crippen LogP contribution is -2.27. The highest BCUT2D eigenvalue weighted by Crippen LogP contribution is 2.22. The van der Waals surface area contributed by atoms with E-state index < -0.39 is 10.0 Å². The molecule has 0 aliphatic heterocycles. The molecule has 30 heavy (non-hydrogen) atoms. The number of carbonyl (C=O) groups is 1. The Hall–Kier alpha value is -2.71. The molecule has 3 rings (SSSR count). The molecule has 0 fully saturated rings. The van der Waals surface area contributed by atoms with Crippen LogP contribution in [0.2, 0.25) is 0 Å². The van der Waals surface area contributed by atoms with Crippen LogP contribution in [-0.4, -0.2) is 33.7 Å². The molecule has 0 radical (unpaired) electrons. The number of thioether (sulfide) groups is 1. The Balaban J connectivity index is 1.48. The standard InChI is InChI=1S/C22H24N2O4S2/c1-24(30(26,27)21-8-3-2-4-9-21)19-12-10-18(11-13-19)22(25)23-14-6-16-29-17-20-7-5-15-28-20/h2-5,7-13,15H,6,14,16-17H2,1H3,(H,23,25). The van der Waals surface area contributed by atoms with Crippen LogP contribution in [0.1, 0.15) is 22.5 Å². The zero-order valence-electron chi connectivity index (χ0n) is 16.7. The van der Waals surface area contributed by atoms with Crippen LogP contribution in [0, 0.1) is 0 Å². The number of sulfonamides is 1. The number of amides is 1. The maximum atomic E-state index is 12.7. The third-order valence-corrected chi connectivity index (χ3v) is 7.34. The zero-order valence-corrected chi connectivity index (χ0v) is 18.3. The molecule has 8 heteroatoms. The van der Waals surface area contributed by atoms with Gasteiger partial charge in [-0.1, -0.05) is 18.2 Å². The maximum absolute atomic E-state index is 12.7. The number of rotatable bonds is 10. The Kier molecular flexibility index (Phi) is 7.59. The zero-order chi connectivity index (χ0) is 21.4. The van der Waals surface area contributed by atoms with Crippen LogP contribution < -0.4 is 9.62 Å². The van der Waals surface area contributed by atoms with E-state index in [0.717, 1.165) is 23.7 Å². The lowest BCUT2D eigenvalue weighted by molar-refractivity contribution is 0.0954. The van der Waals surface area contributed by atoms with Crippen LogP contribution in [0.4, 0.5) is 5.69 Å². The molecule has 2 aromatic carbocycles. The first-order chi connectivity index (χ1) is 14.5. The van der Waals surface area contributed by atoms with E-state index >= 15 is 0 Å². The summed E-state index contributed by atoms with van der Waals surface area (Å²) in [6, 6.07) is 18.6. The van der Waals surface area contributed by atoms with Crippen molar-refractivity contribution in [1.82, 2.24) is 5.32 Å². The van der Waals surface area contributed by atoms with E-state index in [1.54, 1.807) is 72.6 Å². The Bertz CT molecular complexity index is 1030. The van der Waals surface area contributed by atoms with Gasteiger partial charge in [0.2, 0.25) is 0 Å². The lowest BCUT2D eigenvalue weighted by Gasteiger charge is -2.19. The van der Waals surface area contributed by atoms with Gasteiger partial charge in [0.1, 0.15) is 5.76 Å². The highest BCUT2D eigenvalue weighted by molar-refractivity contribution is 7.98. The SMILES string of the molecule is CN(c1ccc(C(=O)NCCCSCc2ccco2)cc1)S(=O)(=O)c1ccccc1. The largest absolute Gasteiger partial charge is 0.468 e. The van der Waals surface area contributed by atoms with E-state index in [2.05, 4.69) is 5.32 Å². The van der Waals surface area contributed by atoms with E-state index in [0.29, 0.717) is 17.8 Å². The highest BCUT2D eigenvalue weighted by Gasteiger charge is 2.21. The van der Waals surface area contributed by atoms with Crippen molar-refractivity contribution >= 4 is 33.4 Å². The quantitative estimate of drug-likeness (QED) is 0.475. The first-order valence-corrected chi connectivity index (χ1v) is 12.1. The summed E-state index contributed by atoms with van der Waals surface area (Å²) in [7, 11) is -2.14. The number of hydrogen-bond donors (Lipinski definition) is 1. The molecule has 6 nitrogen and oxygen atoms in total. The molecule has 1 aromatic heterocycles. The van der Waals surface area contributed by atoms with Gasteiger partial charge in [-0.2, -0.15) is 11.8 Å². The van der Waals surface area contributed by atoms with Crippen molar-refractivity contribution in [1.29, 1.82) is 0 Å². The number of hydrogen-bond acceptors (Lipinski definition) is 5. The average Bonchev–Trinajstić information content (AvgIpc) is 3.29. The second-order valence-corrected chi connectivity index (χ2v) is 9.65. The molecule has 0 atom stereocenters. The van der Waals surface area contributed by atoms with E-state index in [9.17, 15) is 13.2 Å². The third kappa shape index (κ3) is 5.67. The molecule has 158 valence electrons. The Morgan fingerprint density at radius 2 is 1.77 bits per heavy atom. The van der Waals surface area contributed by atoms with Gasteiger partial charge in [-0.05, 0) is 60.7 Å². The second kappa shape index (κ2) is 10.4. The van der Waals surface area contributed by atoms with Crippen molar-refractivity contribution in [3.05, 3.63) is 84.3 Å². The van der Waals surface area contributed by atoms with Gasteiger partial charge in [-0.25, -0.2) is 8.42 Å². The summed E-state index contributed by atoms with van der Waals surface area (Å²) < 4.78 is 31.9. The van der Waals surface area contributed by atoms with Gasteiger partial charge < -0.3 is 9.73 Å². The van der Waals surface area contributed by atoms with E-state index in [1.165, 1.54) is 11.4 Å². The molecule has 0 spiro atoms. The molecular weight excluding hydrogens is 420 g/mol. The van der Waals surface area contributed by atoms with Crippen molar-refractivity contribution in [3.8, 4) is 0 Å². The summed E-state index contributed by atoms with van der Waals surface area (Å²) in [5.41, 5.74) is 0.984. The summed E-state index contributed by atoms with van der Waals surface area (Å²) >= 11 is 1.76. The van der Waals surface area contributed by atoms with Gasteiger partial charge in [0.05, 0.1) is 22.6 Å². The topological polar surface area (TPSA) is 79.6 Å². The Morgan fingerprint density at radius 1 is 1.03 bits per heavy atom. The molecule has 0 bridgehead atoms. The third-order valence-electron chi connectivity index (χ3n) is 4.47. The lowest BCUT2D eigenvalue weighted by atomic mass is 10.2. The molecule has 1 N–H and O–H groups in total. The molecule has 3 aromatic rings. The minimum Gasteiger partial charge on any atom is -0.468 e. The minimum absolute atomic E-state index is 0.175. The van der Waals surface area contributed by atoms with Crippen LogP contribution in [0.5, 0.6) is 0 Å². The summed E-state index contributed by atoms with van der Waals surface area (Å²) in [5.74, 6) is 2.51. The van der Waals surface area contributed by atoms with Crippen molar-refractivity contribution in [3.63, 3.8) is 0 Å². The number of anilines is 1. The first kappa shape index (κ1) is 22.0. The predicted octanol–water partition coefficient (Wildman–Crippen LogP) is 4.16. The van der Waals surface area contributed by atoms with Crippen LogP contribution in [-0.2, 0) is 15.8 Å². The predicted molar refractivity (Wildman–Crippen MR) is 120 cm³/mol. The fraction of sp³-hybridized carbons (Fsp3) is 0.227. The van der Waals surface area contributed by atoms with Gasteiger partial charge in [0, 0.05) is 19.2 Å². The fourth-order valence-electron chi connectivity index (χ4n) is 2.76. The molecule has 0 unspecified atom stereocenters. The normalized spacial score (nSPS) is 11.2. The number of benzene rings is 2. The smallest absolute Gasteiger partial charge is 0.264 e. The molecule has 1 amide bonds. The average molecular weight is 445 g/mol. The van der Waals surface area contributed by atoms with Gasteiger partial charge in [0.25, 0.3) is 15.9 Å². The molecule has 0 aliphatic rings. The van der Waals surface area contributed by atoms with Crippen molar-refractivity contribution in [2.24, 2.45) is 0 Å². The number of furan rings is 1. The van der Waals surface area contributed by atoms with Crippen LogP contribution in [0.15, 0.2) is 82.3 Å². The number of carbonyl (C=O) groups excluding carboxylic acids is 1. The Morgan fingerprint density at radius 3 is 2.43 bits per heavy atom. The second-order valence-electron chi connectivity index (χ2n) is 6.57. The Labute approximate surface area is 181 Å². The van der Waals surface area contributed by atoms with Crippen LogP contribution in [0.3, 0.4) is 0 Å². The van der Waals surface area contributed by atoms with Crippen LogP contribution >= 0.6 is 11.8 Å². The van der Waals surface area contributed by atoms with Gasteiger partial charge in [-0.3, -0.25) is 9.10 Å². The summed E-state index contributed by atoms with van der Waals surface area (Å²) in [6.07, 6.45) is 2.52. The van der Waals surface area contributed by atoms with E-state index in [4.69, 9.17) is 4.42 Å². The van der Waals surface area contributed by atoms with Crippen LogP contribution in [0.25, 0.3) is 0 Å². The summed E-state index contributed by atoms with van der Waals surface area (Å²) in [4.78, 5) is 12.5. The van der Waals surface area contributed by atoms with Crippen molar-refractivity contribution in [2.75, 3.05) is 23.7 Å². The van der Waals surface area contributed by atoms with Crippen molar-refractivity contribution < 1.29 is 17.6 Å². The molecule has 0 aliphatic carbocycles. The van der Waals surface area contributed by atoms with Crippen molar-refractivity contribution in [2.45, 2.75) is 17.1 Å². The summed E-state index contributed by atoms with van der Waals surface area (Å²) in [6.45, 7) is 0.577. The van der Waals surface area contributed by atoms with Gasteiger partial charge >= 0.3 is 0 Å².